The summed E-state index contributed by atoms with van der Waals surface area (Å²) < 4.78 is 20.3. The highest BCUT2D eigenvalue weighted by atomic mass is 32.1. The Kier molecular flexibility index (Phi) is 7.52. The Balaban J connectivity index is 1.24. The third-order valence-corrected chi connectivity index (χ3v) is 6.77. The molecule has 1 saturated heterocycles. The number of amides is 2. The summed E-state index contributed by atoms with van der Waals surface area (Å²) in [5.41, 5.74) is 1.75. The van der Waals surface area contributed by atoms with Crippen LogP contribution < -0.4 is 15.4 Å². The number of carbonyl (C=O) groups is 2. The van der Waals surface area contributed by atoms with Gasteiger partial charge in [-0.3, -0.25) is 9.59 Å². The largest absolute Gasteiger partial charge is 0.457 e. The Hall–Kier alpha value is -4.09. The lowest BCUT2D eigenvalue weighted by Gasteiger charge is -2.24. The molecule has 3 heterocycles. The van der Waals surface area contributed by atoms with Gasteiger partial charge in [0.25, 0.3) is 0 Å². The first-order chi connectivity index (χ1) is 18.0. The molecule has 2 aromatic heterocycles. The van der Waals surface area contributed by atoms with Gasteiger partial charge in [-0.2, -0.15) is 16.4 Å². The Bertz CT molecular complexity index is 1310. The molecule has 190 valence electrons. The van der Waals surface area contributed by atoms with Crippen LogP contribution in [0.4, 0.5) is 10.1 Å². The molecule has 0 saturated carbocycles. The maximum Gasteiger partial charge on any atom is 0.247 e. The maximum atomic E-state index is 13.3. The maximum absolute atomic E-state index is 13.3. The molecule has 0 bridgehead atoms. The number of hydrogen-bond donors (Lipinski definition) is 2. The molecule has 2 atom stereocenters. The number of hydrogen-bond acceptors (Lipinski definition) is 7. The molecule has 4 aromatic rings. The van der Waals surface area contributed by atoms with Crippen LogP contribution in [0.2, 0.25) is 0 Å². The standard InChI is InChI=1S/C26H25FN6O3S/c27-19-1-5-22(6-2-19)36-23-7-3-20(4-8-23)31-26(35)24-11-21(29-12-18-9-10-37-15-18)13-33(24)25(34)14-32-17-28-16-30-32/h1-10,15-17,21,24,29H,11-14H2,(H,31,35)/t21-,24+/m1/s1. The second-order valence-electron chi connectivity index (χ2n) is 8.67. The Morgan fingerprint density at radius 3 is 2.51 bits per heavy atom. The molecule has 2 N–H and O–H groups in total. The monoisotopic (exact) mass is 520 g/mol. The smallest absolute Gasteiger partial charge is 0.247 e. The van der Waals surface area contributed by atoms with E-state index in [1.165, 1.54) is 35.0 Å². The number of benzene rings is 2. The van der Waals surface area contributed by atoms with Crippen LogP contribution in [0.3, 0.4) is 0 Å². The molecular formula is C26H25FN6O3S. The third-order valence-electron chi connectivity index (χ3n) is 6.03. The average Bonchev–Trinajstić information content (AvgIpc) is 3.68. The van der Waals surface area contributed by atoms with Crippen molar-refractivity contribution >= 4 is 28.8 Å². The number of halogens is 1. The van der Waals surface area contributed by atoms with Crippen molar-refractivity contribution in [3.05, 3.63) is 89.4 Å². The van der Waals surface area contributed by atoms with Crippen LogP contribution in [0.25, 0.3) is 0 Å². The molecule has 2 amide bonds. The molecule has 37 heavy (non-hydrogen) atoms. The van der Waals surface area contributed by atoms with E-state index in [9.17, 15) is 14.0 Å². The molecule has 11 heteroatoms. The third kappa shape index (κ3) is 6.38. The number of nitrogens with zero attached hydrogens (tertiary/aromatic N) is 4. The minimum Gasteiger partial charge on any atom is -0.457 e. The summed E-state index contributed by atoms with van der Waals surface area (Å²) >= 11 is 1.63. The number of rotatable bonds is 9. The molecule has 0 spiro atoms. The summed E-state index contributed by atoms with van der Waals surface area (Å²) in [6.07, 6.45) is 3.34. The van der Waals surface area contributed by atoms with Crippen molar-refractivity contribution in [3.63, 3.8) is 0 Å². The van der Waals surface area contributed by atoms with E-state index in [4.69, 9.17) is 4.74 Å². The van der Waals surface area contributed by atoms with Crippen molar-refractivity contribution in [2.45, 2.75) is 31.6 Å². The lowest BCUT2D eigenvalue weighted by atomic mass is 10.1. The summed E-state index contributed by atoms with van der Waals surface area (Å²) in [6.45, 7) is 1.10. The number of ether oxygens (including phenoxy) is 1. The molecule has 1 aliphatic heterocycles. The minimum atomic E-state index is -0.633. The molecule has 1 aliphatic rings. The molecule has 0 radical (unpaired) electrons. The van der Waals surface area contributed by atoms with Crippen LogP contribution in [-0.4, -0.2) is 50.1 Å². The van der Waals surface area contributed by atoms with Gasteiger partial charge in [-0.15, -0.1) is 0 Å². The summed E-state index contributed by atoms with van der Waals surface area (Å²) in [6, 6.07) is 14.0. The van der Waals surface area contributed by atoms with Crippen LogP contribution in [-0.2, 0) is 22.7 Å². The Labute approximate surface area is 216 Å². The van der Waals surface area contributed by atoms with Crippen LogP contribution in [0, 0.1) is 5.82 Å². The van der Waals surface area contributed by atoms with Gasteiger partial charge in [0.15, 0.2) is 0 Å². The molecule has 0 unspecified atom stereocenters. The van der Waals surface area contributed by atoms with Gasteiger partial charge in [-0.25, -0.2) is 14.1 Å². The zero-order valence-corrected chi connectivity index (χ0v) is 20.6. The van der Waals surface area contributed by atoms with E-state index in [1.807, 2.05) is 11.4 Å². The van der Waals surface area contributed by atoms with E-state index in [0.717, 1.165) is 0 Å². The van der Waals surface area contributed by atoms with Crippen molar-refractivity contribution < 1.29 is 18.7 Å². The molecule has 2 aromatic carbocycles. The van der Waals surface area contributed by atoms with Crippen LogP contribution >= 0.6 is 11.3 Å². The highest BCUT2D eigenvalue weighted by Gasteiger charge is 2.39. The molecule has 0 aliphatic carbocycles. The fourth-order valence-electron chi connectivity index (χ4n) is 4.18. The Morgan fingerprint density at radius 1 is 1.08 bits per heavy atom. The van der Waals surface area contributed by atoms with E-state index in [1.54, 1.807) is 52.6 Å². The van der Waals surface area contributed by atoms with E-state index in [-0.39, 0.29) is 30.2 Å². The number of aromatic nitrogens is 3. The minimum absolute atomic E-state index is 0.0104. The predicted molar refractivity (Wildman–Crippen MR) is 137 cm³/mol. The predicted octanol–water partition coefficient (Wildman–Crippen LogP) is 3.67. The van der Waals surface area contributed by atoms with Gasteiger partial charge in [0.1, 0.15) is 42.6 Å². The van der Waals surface area contributed by atoms with E-state index in [0.29, 0.717) is 36.7 Å². The molecule has 9 nitrogen and oxygen atoms in total. The molecular weight excluding hydrogens is 495 g/mol. The topological polar surface area (TPSA) is 101 Å². The summed E-state index contributed by atoms with van der Waals surface area (Å²) in [5.74, 6) is 0.252. The van der Waals surface area contributed by atoms with Gasteiger partial charge in [0.05, 0.1) is 0 Å². The number of carbonyl (C=O) groups excluding carboxylic acids is 2. The van der Waals surface area contributed by atoms with Crippen LogP contribution in [0.5, 0.6) is 11.5 Å². The fraction of sp³-hybridized carbons (Fsp3) is 0.231. The highest BCUT2D eigenvalue weighted by molar-refractivity contribution is 7.07. The number of nitrogens with one attached hydrogen (secondary N) is 2. The normalized spacial score (nSPS) is 17.1. The lowest BCUT2D eigenvalue weighted by Crippen LogP contribution is -2.44. The molecule has 1 fully saturated rings. The van der Waals surface area contributed by atoms with Gasteiger partial charge in [-0.1, -0.05) is 0 Å². The van der Waals surface area contributed by atoms with Gasteiger partial charge in [0, 0.05) is 24.8 Å². The van der Waals surface area contributed by atoms with Crippen molar-refractivity contribution in [3.8, 4) is 11.5 Å². The number of anilines is 1. The zero-order chi connectivity index (χ0) is 25.6. The van der Waals surface area contributed by atoms with Crippen LogP contribution in [0.1, 0.15) is 12.0 Å². The number of likely N-dealkylation sites (tertiary alicyclic amines) is 1. The first-order valence-corrected chi connectivity index (χ1v) is 12.7. The lowest BCUT2D eigenvalue weighted by molar-refractivity contribution is -0.137. The first-order valence-electron chi connectivity index (χ1n) is 11.7. The van der Waals surface area contributed by atoms with Gasteiger partial charge in [-0.05, 0) is 77.3 Å². The van der Waals surface area contributed by atoms with Crippen molar-refractivity contribution in [2.24, 2.45) is 0 Å². The van der Waals surface area contributed by atoms with Gasteiger partial charge < -0.3 is 20.3 Å². The van der Waals surface area contributed by atoms with Crippen molar-refractivity contribution in [2.75, 3.05) is 11.9 Å². The van der Waals surface area contributed by atoms with Gasteiger partial charge >= 0.3 is 0 Å². The summed E-state index contributed by atoms with van der Waals surface area (Å²) in [4.78, 5) is 31.9. The van der Waals surface area contributed by atoms with Crippen molar-refractivity contribution in [1.82, 2.24) is 25.0 Å². The zero-order valence-electron chi connectivity index (χ0n) is 19.8. The number of thiophene rings is 1. The summed E-state index contributed by atoms with van der Waals surface area (Å²) in [7, 11) is 0. The quantitative estimate of drug-likeness (QED) is 0.349. The van der Waals surface area contributed by atoms with Crippen LogP contribution in [0.15, 0.2) is 78.0 Å². The first kappa shape index (κ1) is 24.6. The second-order valence-corrected chi connectivity index (χ2v) is 9.45. The van der Waals surface area contributed by atoms with E-state index in [2.05, 4.69) is 26.1 Å². The van der Waals surface area contributed by atoms with E-state index < -0.39 is 6.04 Å². The van der Waals surface area contributed by atoms with Gasteiger partial charge in [0.2, 0.25) is 11.8 Å². The van der Waals surface area contributed by atoms with Crippen molar-refractivity contribution in [1.29, 1.82) is 0 Å². The Morgan fingerprint density at radius 2 is 1.84 bits per heavy atom. The highest BCUT2D eigenvalue weighted by Crippen LogP contribution is 2.25. The summed E-state index contributed by atoms with van der Waals surface area (Å²) in [5, 5.41) is 14.5. The fourth-order valence-corrected chi connectivity index (χ4v) is 4.85. The molecule has 5 rings (SSSR count). The van der Waals surface area contributed by atoms with E-state index >= 15 is 0 Å². The second kappa shape index (κ2) is 11.3. The SMILES string of the molecule is O=C(Nc1ccc(Oc2ccc(F)cc2)cc1)[C@@H]1C[C@@H](NCc2ccsc2)CN1C(=O)Cn1cncn1. The average molecular weight is 521 g/mol.